The number of hydrogen-bond acceptors (Lipinski definition) is 6. The van der Waals surface area contributed by atoms with E-state index in [1.807, 2.05) is 0 Å². The largest absolute Gasteiger partial charge is 0.490 e. The third-order valence-corrected chi connectivity index (χ3v) is 2.64. The summed E-state index contributed by atoms with van der Waals surface area (Å²) in [6, 6.07) is 5.76. The summed E-state index contributed by atoms with van der Waals surface area (Å²) in [5, 5.41) is 22.0. The molecule has 0 aliphatic rings. The lowest BCUT2D eigenvalue weighted by atomic mass is 10.3. The lowest BCUT2D eigenvalue weighted by molar-refractivity contribution is -0.394. The number of rotatable bonds is 4. The van der Waals surface area contributed by atoms with E-state index in [0.29, 0.717) is 11.4 Å². The van der Waals surface area contributed by atoms with Crippen molar-refractivity contribution in [1.82, 2.24) is 29.8 Å². The lowest BCUT2D eigenvalue weighted by Crippen LogP contribution is -2.01. The van der Waals surface area contributed by atoms with Crippen molar-refractivity contribution >= 4 is 5.95 Å². The number of hydrogen-bond donors (Lipinski definition) is 0. The van der Waals surface area contributed by atoms with E-state index in [1.54, 1.807) is 18.3 Å². The lowest BCUT2D eigenvalue weighted by Gasteiger charge is -1.98. The van der Waals surface area contributed by atoms with Crippen LogP contribution in [-0.2, 0) is 6.54 Å². The number of aromatic nitrogens is 6. The SMILES string of the molecule is O=[N+]([O-])c1ncn(Cc2cn(-c3ccc(F)cc3)nn2)n1. The van der Waals surface area contributed by atoms with Gasteiger partial charge in [-0.05, 0) is 29.2 Å². The molecule has 0 spiro atoms. The summed E-state index contributed by atoms with van der Waals surface area (Å²) in [5.74, 6) is -0.810. The molecule has 0 amide bonds. The Morgan fingerprint density at radius 3 is 2.71 bits per heavy atom. The molecule has 0 saturated heterocycles. The summed E-state index contributed by atoms with van der Waals surface area (Å²) in [5.41, 5.74) is 1.19. The van der Waals surface area contributed by atoms with Crippen LogP contribution < -0.4 is 0 Å². The van der Waals surface area contributed by atoms with Gasteiger partial charge in [0, 0.05) is 5.10 Å². The van der Waals surface area contributed by atoms with Gasteiger partial charge in [-0.15, -0.1) is 5.10 Å². The Kier molecular flexibility index (Phi) is 3.10. The molecule has 3 rings (SSSR count). The second-order valence-corrected chi connectivity index (χ2v) is 4.13. The highest BCUT2D eigenvalue weighted by Crippen LogP contribution is 2.09. The molecule has 0 bridgehead atoms. The number of benzene rings is 1. The highest BCUT2D eigenvalue weighted by Gasteiger charge is 2.14. The molecule has 9 nitrogen and oxygen atoms in total. The van der Waals surface area contributed by atoms with Crippen LogP contribution in [0.25, 0.3) is 5.69 Å². The van der Waals surface area contributed by atoms with Crippen LogP contribution in [0.2, 0.25) is 0 Å². The topological polar surface area (TPSA) is 105 Å². The van der Waals surface area contributed by atoms with Crippen LogP contribution in [0.3, 0.4) is 0 Å². The highest BCUT2D eigenvalue weighted by atomic mass is 19.1. The van der Waals surface area contributed by atoms with Gasteiger partial charge in [-0.25, -0.2) is 9.07 Å². The van der Waals surface area contributed by atoms with Crippen LogP contribution in [0.5, 0.6) is 0 Å². The van der Waals surface area contributed by atoms with E-state index in [-0.39, 0.29) is 12.4 Å². The van der Waals surface area contributed by atoms with Crippen molar-refractivity contribution in [1.29, 1.82) is 0 Å². The van der Waals surface area contributed by atoms with E-state index in [9.17, 15) is 14.5 Å². The van der Waals surface area contributed by atoms with Gasteiger partial charge in [0.15, 0.2) is 0 Å². The Labute approximate surface area is 116 Å². The average molecular weight is 289 g/mol. The van der Waals surface area contributed by atoms with Crippen LogP contribution in [0, 0.1) is 15.9 Å². The molecule has 0 aliphatic heterocycles. The Bertz CT molecular complexity index is 780. The van der Waals surface area contributed by atoms with Gasteiger partial charge in [-0.1, -0.05) is 10.2 Å². The standard InChI is InChI=1S/C11H8FN7O2/c12-8-1-3-10(4-2-8)18-6-9(14-16-18)5-17-7-13-11(15-17)19(20)21/h1-4,6-7H,5H2. The first-order chi connectivity index (χ1) is 10.1. The minimum Gasteiger partial charge on any atom is -0.390 e. The molecule has 2 heterocycles. The number of nitrogens with zero attached hydrogens (tertiary/aromatic N) is 7. The molecule has 0 atom stereocenters. The maximum atomic E-state index is 12.8. The zero-order valence-electron chi connectivity index (χ0n) is 10.5. The van der Waals surface area contributed by atoms with Crippen molar-refractivity contribution in [3.8, 4) is 5.69 Å². The third-order valence-electron chi connectivity index (χ3n) is 2.64. The molecule has 0 radical (unpaired) electrons. The summed E-state index contributed by atoms with van der Waals surface area (Å²) in [4.78, 5) is 13.4. The maximum absolute atomic E-state index is 12.8. The summed E-state index contributed by atoms with van der Waals surface area (Å²) in [7, 11) is 0. The van der Waals surface area contributed by atoms with E-state index in [2.05, 4.69) is 20.4 Å². The van der Waals surface area contributed by atoms with Crippen molar-refractivity contribution in [2.45, 2.75) is 6.54 Å². The monoisotopic (exact) mass is 289 g/mol. The Hall–Kier alpha value is -3.17. The summed E-state index contributed by atoms with van der Waals surface area (Å²) < 4.78 is 15.6. The zero-order chi connectivity index (χ0) is 14.8. The van der Waals surface area contributed by atoms with E-state index in [4.69, 9.17) is 0 Å². The maximum Gasteiger partial charge on any atom is 0.490 e. The second-order valence-electron chi connectivity index (χ2n) is 4.13. The molecular formula is C11H8FN7O2. The minimum absolute atomic E-state index is 0.196. The van der Waals surface area contributed by atoms with Gasteiger partial charge in [0.2, 0.25) is 6.33 Å². The molecule has 21 heavy (non-hydrogen) atoms. The van der Waals surface area contributed by atoms with E-state index >= 15 is 0 Å². The fraction of sp³-hybridized carbons (Fsp3) is 0.0909. The first-order valence-electron chi connectivity index (χ1n) is 5.83. The van der Waals surface area contributed by atoms with Crippen LogP contribution in [0.15, 0.2) is 36.8 Å². The quantitative estimate of drug-likeness (QED) is 0.523. The molecule has 0 saturated carbocycles. The molecule has 10 heteroatoms. The van der Waals surface area contributed by atoms with Gasteiger partial charge in [-0.3, -0.25) is 0 Å². The van der Waals surface area contributed by atoms with Crippen LogP contribution in [-0.4, -0.2) is 34.7 Å². The fourth-order valence-electron chi connectivity index (χ4n) is 1.70. The first-order valence-corrected chi connectivity index (χ1v) is 5.83. The van der Waals surface area contributed by atoms with Crippen molar-refractivity contribution in [2.24, 2.45) is 0 Å². The minimum atomic E-state index is -0.675. The van der Waals surface area contributed by atoms with Gasteiger partial charge in [0.25, 0.3) is 0 Å². The Morgan fingerprint density at radius 1 is 1.29 bits per heavy atom. The molecule has 0 aliphatic carbocycles. The van der Waals surface area contributed by atoms with Gasteiger partial charge >= 0.3 is 5.95 Å². The predicted molar refractivity (Wildman–Crippen MR) is 67.1 cm³/mol. The van der Waals surface area contributed by atoms with E-state index in [1.165, 1.54) is 27.8 Å². The Balaban J connectivity index is 1.78. The summed E-state index contributed by atoms with van der Waals surface area (Å²) in [6.45, 7) is 0.196. The van der Waals surface area contributed by atoms with Crippen LogP contribution >= 0.6 is 0 Å². The summed E-state index contributed by atoms with van der Waals surface area (Å²) in [6.07, 6.45) is 2.87. The first kappa shape index (κ1) is 12.8. The molecule has 0 unspecified atom stereocenters. The van der Waals surface area contributed by atoms with Crippen LogP contribution in [0.4, 0.5) is 10.3 Å². The molecule has 3 aromatic rings. The number of halogens is 1. The Morgan fingerprint density at radius 2 is 2.05 bits per heavy atom. The average Bonchev–Trinajstić information content (AvgIpc) is 3.10. The zero-order valence-corrected chi connectivity index (χ0v) is 10.5. The molecule has 2 aromatic heterocycles. The van der Waals surface area contributed by atoms with Crippen LogP contribution in [0.1, 0.15) is 5.69 Å². The molecule has 0 N–H and O–H groups in total. The van der Waals surface area contributed by atoms with Crippen molar-refractivity contribution in [3.05, 3.63) is 58.4 Å². The molecular weight excluding hydrogens is 281 g/mol. The summed E-state index contributed by atoms with van der Waals surface area (Å²) >= 11 is 0. The van der Waals surface area contributed by atoms with Gasteiger partial charge < -0.3 is 10.1 Å². The highest BCUT2D eigenvalue weighted by molar-refractivity contribution is 5.30. The van der Waals surface area contributed by atoms with Crippen molar-refractivity contribution in [2.75, 3.05) is 0 Å². The van der Waals surface area contributed by atoms with E-state index < -0.39 is 10.9 Å². The predicted octanol–water partition coefficient (Wildman–Crippen LogP) is 0.954. The second kappa shape index (κ2) is 5.07. The number of nitro groups is 1. The van der Waals surface area contributed by atoms with Gasteiger partial charge in [0.05, 0.1) is 11.9 Å². The third kappa shape index (κ3) is 2.73. The smallest absolute Gasteiger partial charge is 0.390 e. The van der Waals surface area contributed by atoms with Gasteiger partial charge in [0.1, 0.15) is 18.1 Å². The van der Waals surface area contributed by atoms with Crippen molar-refractivity contribution in [3.63, 3.8) is 0 Å². The van der Waals surface area contributed by atoms with Gasteiger partial charge in [-0.2, -0.15) is 4.68 Å². The normalized spacial score (nSPS) is 10.7. The molecule has 106 valence electrons. The fourth-order valence-corrected chi connectivity index (χ4v) is 1.70. The molecule has 1 aromatic carbocycles. The molecule has 0 fully saturated rings. The van der Waals surface area contributed by atoms with Crippen molar-refractivity contribution < 1.29 is 9.31 Å². The van der Waals surface area contributed by atoms with E-state index in [0.717, 1.165) is 0 Å².